The number of sulfonamides is 1. The van der Waals surface area contributed by atoms with Crippen LogP contribution in [0.1, 0.15) is 19.3 Å². The van der Waals surface area contributed by atoms with E-state index in [4.69, 9.17) is 0 Å². The van der Waals surface area contributed by atoms with Crippen LogP contribution >= 0.6 is 0 Å². The van der Waals surface area contributed by atoms with Crippen molar-refractivity contribution in [3.05, 3.63) is 34.6 Å². The van der Waals surface area contributed by atoms with Crippen molar-refractivity contribution >= 4 is 26.8 Å². The van der Waals surface area contributed by atoms with Gasteiger partial charge in [0.1, 0.15) is 5.52 Å². The smallest absolute Gasteiger partial charge is 0.277 e. The van der Waals surface area contributed by atoms with E-state index in [-0.39, 0.29) is 30.3 Å². The molecule has 27 heavy (non-hydrogen) atoms. The average Bonchev–Trinajstić information content (AvgIpc) is 2.65. The van der Waals surface area contributed by atoms with Gasteiger partial charge in [0.25, 0.3) is 5.56 Å². The van der Waals surface area contributed by atoms with E-state index in [1.54, 1.807) is 29.2 Å². The summed E-state index contributed by atoms with van der Waals surface area (Å²) in [6.45, 7) is 1.66. The molecule has 1 aromatic carbocycles. The van der Waals surface area contributed by atoms with Gasteiger partial charge < -0.3 is 4.90 Å². The maximum absolute atomic E-state index is 12.5. The van der Waals surface area contributed by atoms with Crippen molar-refractivity contribution in [1.82, 2.24) is 24.6 Å². The number of aryl methyl sites for hydroxylation is 1. The highest BCUT2D eigenvalue weighted by atomic mass is 32.2. The van der Waals surface area contributed by atoms with Crippen LogP contribution in [0.5, 0.6) is 0 Å². The summed E-state index contributed by atoms with van der Waals surface area (Å²) in [5.74, 6) is 0.0292. The zero-order chi connectivity index (χ0) is 19.4. The molecule has 1 atom stereocenters. The molecule has 2 aromatic rings. The number of amides is 1. The predicted octanol–water partition coefficient (Wildman–Crippen LogP) is -0.0306. The van der Waals surface area contributed by atoms with Gasteiger partial charge in [0, 0.05) is 26.1 Å². The second-order valence-corrected chi connectivity index (χ2v) is 8.69. The minimum atomic E-state index is -3.24. The van der Waals surface area contributed by atoms with Crippen LogP contribution in [0.25, 0.3) is 10.9 Å². The zero-order valence-electron chi connectivity index (χ0n) is 15.2. The van der Waals surface area contributed by atoms with Crippen molar-refractivity contribution in [2.75, 3.05) is 25.9 Å². The third kappa shape index (κ3) is 5.10. The lowest BCUT2D eigenvalue weighted by molar-refractivity contribution is -0.133. The van der Waals surface area contributed by atoms with Crippen LogP contribution in [0, 0.1) is 5.92 Å². The van der Waals surface area contributed by atoms with E-state index in [1.807, 2.05) is 0 Å². The molecule has 1 N–H and O–H groups in total. The first-order valence-electron chi connectivity index (χ1n) is 8.88. The van der Waals surface area contributed by atoms with E-state index >= 15 is 0 Å². The number of nitrogens with zero attached hydrogens (tertiary/aromatic N) is 4. The Morgan fingerprint density at radius 3 is 2.89 bits per heavy atom. The minimum absolute atomic E-state index is 0.0686. The molecule has 1 aliphatic heterocycles. The second-order valence-electron chi connectivity index (χ2n) is 6.85. The van der Waals surface area contributed by atoms with E-state index in [1.165, 1.54) is 4.68 Å². The number of carbonyl (C=O) groups excluding carboxylic acids is 1. The molecule has 3 rings (SSSR count). The lowest BCUT2D eigenvalue weighted by Crippen LogP contribution is -2.44. The van der Waals surface area contributed by atoms with Gasteiger partial charge in [-0.2, -0.15) is 0 Å². The molecule has 9 nitrogen and oxygen atoms in total. The number of hydrogen-bond acceptors (Lipinski definition) is 6. The highest BCUT2D eigenvalue weighted by Gasteiger charge is 2.24. The first-order chi connectivity index (χ1) is 12.8. The third-order valence-electron chi connectivity index (χ3n) is 4.67. The SMILES string of the molecule is CS(=O)(=O)NCC1CCCN(C(=O)CCn2nnc3ccccc3c2=O)C1. The number of nitrogens with one attached hydrogen (secondary N) is 1. The van der Waals surface area contributed by atoms with Gasteiger partial charge in [-0.05, 0) is 30.9 Å². The molecular formula is C17H23N5O4S. The van der Waals surface area contributed by atoms with Gasteiger partial charge >= 0.3 is 0 Å². The van der Waals surface area contributed by atoms with E-state index in [2.05, 4.69) is 15.0 Å². The van der Waals surface area contributed by atoms with Crippen LogP contribution in [-0.4, -0.2) is 60.1 Å². The molecule has 0 radical (unpaired) electrons. The Kier molecular flexibility index (Phi) is 5.85. The van der Waals surface area contributed by atoms with Crippen LogP contribution < -0.4 is 10.3 Å². The molecule has 1 saturated heterocycles. The molecule has 10 heteroatoms. The molecular weight excluding hydrogens is 370 g/mol. The third-order valence-corrected chi connectivity index (χ3v) is 5.36. The van der Waals surface area contributed by atoms with E-state index < -0.39 is 10.0 Å². The fraction of sp³-hybridized carbons (Fsp3) is 0.529. The Morgan fingerprint density at radius 1 is 1.33 bits per heavy atom. The number of aromatic nitrogens is 3. The van der Waals surface area contributed by atoms with Crippen LogP contribution in [0.2, 0.25) is 0 Å². The summed E-state index contributed by atoms with van der Waals surface area (Å²) < 4.78 is 26.2. The molecule has 0 spiro atoms. The Bertz CT molecular complexity index is 988. The average molecular weight is 393 g/mol. The van der Waals surface area contributed by atoms with Crippen molar-refractivity contribution in [2.45, 2.75) is 25.8 Å². The van der Waals surface area contributed by atoms with Gasteiger partial charge in [-0.25, -0.2) is 17.8 Å². The van der Waals surface area contributed by atoms with Gasteiger partial charge in [0.05, 0.1) is 18.2 Å². The van der Waals surface area contributed by atoms with Crippen LogP contribution in [0.4, 0.5) is 0 Å². The molecule has 1 fully saturated rings. The zero-order valence-corrected chi connectivity index (χ0v) is 16.0. The molecule has 1 aromatic heterocycles. The maximum atomic E-state index is 12.5. The van der Waals surface area contributed by atoms with E-state index in [0.717, 1.165) is 19.1 Å². The number of piperidine rings is 1. The molecule has 0 bridgehead atoms. The normalized spacial score (nSPS) is 18.0. The fourth-order valence-electron chi connectivity index (χ4n) is 3.26. The number of rotatable bonds is 6. The van der Waals surface area contributed by atoms with Gasteiger partial charge in [0.15, 0.2) is 0 Å². The number of fused-ring (bicyclic) bond motifs is 1. The summed E-state index contributed by atoms with van der Waals surface area (Å²) in [5.41, 5.74) is 0.268. The molecule has 0 saturated carbocycles. The summed E-state index contributed by atoms with van der Waals surface area (Å²) in [5, 5.41) is 8.39. The summed E-state index contributed by atoms with van der Waals surface area (Å²) in [4.78, 5) is 26.7. The Balaban J connectivity index is 1.59. The van der Waals surface area contributed by atoms with Crippen molar-refractivity contribution < 1.29 is 13.2 Å². The molecule has 0 aliphatic carbocycles. The fourth-order valence-corrected chi connectivity index (χ4v) is 3.80. The number of carbonyl (C=O) groups is 1. The lowest BCUT2D eigenvalue weighted by atomic mass is 9.98. The Morgan fingerprint density at radius 2 is 2.11 bits per heavy atom. The molecule has 146 valence electrons. The van der Waals surface area contributed by atoms with Gasteiger partial charge in [-0.1, -0.05) is 17.3 Å². The number of likely N-dealkylation sites (tertiary alicyclic amines) is 1. The summed E-state index contributed by atoms with van der Waals surface area (Å²) in [6.07, 6.45) is 2.99. The quantitative estimate of drug-likeness (QED) is 0.737. The van der Waals surface area contributed by atoms with Crippen LogP contribution in [0.3, 0.4) is 0 Å². The Labute approximate surface area is 157 Å². The van der Waals surface area contributed by atoms with Crippen molar-refractivity contribution in [2.24, 2.45) is 5.92 Å². The largest absolute Gasteiger partial charge is 0.342 e. The van der Waals surface area contributed by atoms with Gasteiger partial charge in [-0.15, -0.1) is 5.10 Å². The topological polar surface area (TPSA) is 114 Å². The van der Waals surface area contributed by atoms with Crippen LogP contribution in [0.15, 0.2) is 29.1 Å². The summed E-state index contributed by atoms with van der Waals surface area (Å²) in [6, 6.07) is 6.96. The molecule has 2 heterocycles. The predicted molar refractivity (Wildman–Crippen MR) is 101 cm³/mol. The van der Waals surface area contributed by atoms with E-state index in [0.29, 0.717) is 30.5 Å². The second kappa shape index (κ2) is 8.13. The number of hydrogen-bond donors (Lipinski definition) is 1. The summed E-state index contributed by atoms with van der Waals surface area (Å²) in [7, 11) is -3.24. The van der Waals surface area contributed by atoms with Crippen molar-refractivity contribution in [3.63, 3.8) is 0 Å². The van der Waals surface area contributed by atoms with Crippen LogP contribution in [-0.2, 0) is 21.4 Å². The first-order valence-corrected chi connectivity index (χ1v) is 10.8. The highest BCUT2D eigenvalue weighted by Crippen LogP contribution is 2.17. The van der Waals surface area contributed by atoms with Crippen molar-refractivity contribution in [3.8, 4) is 0 Å². The minimum Gasteiger partial charge on any atom is -0.342 e. The lowest BCUT2D eigenvalue weighted by Gasteiger charge is -2.32. The first kappa shape index (κ1) is 19.4. The highest BCUT2D eigenvalue weighted by molar-refractivity contribution is 7.88. The Hall–Kier alpha value is -2.33. The number of benzene rings is 1. The molecule has 1 amide bonds. The monoisotopic (exact) mass is 393 g/mol. The van der Waals surface area contributed by atoms with E-state index in [9.17, 15) is 18.0 Å². The van der Waals surface area contributed by atoms with Crippen molar-refractivity contribution in [1.29, 1.82) is 0 Å². The standard InChI is InChI=1S/C17H23N5O4S/c1-27(25,26)18-11-13-5-4-9-21(12-13)16(23)8-10-22-17(24)14-6-2-3-7-15(14)19-20-22/h2-3,6-7,13,18H,4-5,8-12H2,1H3. The molecule has 1 aliphatic rings. The summed E-state index contributed by atoms with van der Waals surface area (Å²) >= 11 is 0. The molecule has 1 unspecified atom stereocenters. The maximum Gasteiger partial charge on any atom is 0.277 e. The van der Waals surface area contributed by atoms with Gasteiger partial charge in [-0.3, -0.25) is 9.59 Å². The van der Waals surface area contributed by atoms with Gasteiger partial charge in [0.2, 0.25) is 15.9 Å².